The number of hydrogen-bond donors (Lipinski definition) is 7. The number of nitrogens with zero attached hydrogens (tertiary/aromatic N) is 2. The van der Waals surface area contributed by atoms with Crippen LogP contribution in [0.4, 0.5) is 11.4 Å². The molecule has 2 aromatic rings. The zero-order chi connectivity index (χ0) is 50.9. The van der Waals surface area contributed by atoms with Gasteiger partial charge in [-0.1, -0.05) is 93.5 Å². The number of rotatable bonds is 26. The molecule has 0 aromatic heterocycles. The van der Waals surface area contributed by atoms with Gasteiger partial charge in [0.05, 0.1) is 21.3 Å². The number of aliphatic hydroxyl groups excluding tert-OH is 1. The van der Waals surface area contributed by atoms with Crippen molar-refractivity contribution in [1.29, 1.82) is 0 Å². The highest BCUT2D eigenvalue weighted by molar-refractivity contribution is 14.1. The maximum absolute atomic E-state index is 12.1. The van der Waals surface area contributed by atoms with E-state index in [1.54, 1.807) is 49.1 Å². The molecule has 2 aromatic carbocycles. The fraction of sp³-hybridized carbons (Fsp3) is 0.455. The van der Waals surface area contributed by atoms with Crippen LogP contribution in [-0.2, 0) is 60.9 Å². The predicted octanol–water partition coefficient (Wildman–Crippen LogP) is 5.34. The Morgan fingerprint density at radius 1 is 0.779 bits per heavy atom. The maximum Gasteiger partial charge on any atom is 0.294 e. The first kappa shape index (κ1) is 56.8. The van der Waals surface area contributed by atoms with Crippen molar-refractivity contribution in [2.75, 3.05) is 47.9 Å². The van der Waals surface area contributed by atoms with E-state index in [2.05, 4.69) is 33.2 Å². The number of halogens is 1. The van der Waals surface area contributed by atoms with Crippen molar-refractivity contribution in [3.8, 4) is 0 Å². The molecule has 0 spiro atoms. The van der Waals surface area contributed by atoms with Gasteiger partial charge in [0.15, 0.2) is 0 Å². The molecule has 2 aliphatic heterocycles. The second-order valence-electron chi connectivity index (χ2n) is 17.4. The lowest BCUT2D eigenvalue weighted by Crippen LogP contribution is -2.31. The molecule has 0 fully saturated rings. The number of anilines is 2. The van der Waals surface area contributed by atoms with Gasteiger partial charge >= 0.3 is 0 Å². The average molecular weight is 1140 g/mol. The number of carbonyl (C=O) groups excluding carboxylic acids is 2. The highest BCUT2D eigenvalue weighted by Crippen LogP contribution is 2.48. The van der Waals surface area contributed by atoms with Gasteiger partial charge in [0.2, 0.25) is 0 Å². The van der Waals surface area contributed by atoms with Gasteiger partial charge in [-0.2, -0.15) is 33.7 Å². The van der Waals surface area contributed by atoms with Crippen LogP contribution in [0.1, 0.15) is 77.3 Å². The van der Waals surface area contributed by atoms with Crippen molar-refractivity contribution in [3.63, 3.8) is 0 Å². The summed E-state index contributed by atoms with van der Waals surface area (Å²) >= 11 is 2.16. The first-order valence-corrected chi connectivity index (χ1v) is 28.8. The van der Waals surface area contributed by atoms with Crippen molar-refractivity contribution in [2.45, 2.75) is 97.0 Å². The Bertz CT molecular complexity index is 2790. The number of alkyl halides is 1. The van der Waals surface area contributed by atoms with Crippen LogP contribution in [0.3, 0.4) is 0 Å². The number of benzene rings is 2. The van der Waals surface area contributed by atoms with E-state index in [-0.39, 0.29) is 45.0 Å². The van der Waals surface area contributed by atoms with Crippen LogP contribution in [0.2, 0.25) is 0 Å². The van der Waals surface area contributed by atoms with Crippen LogP contribution in [0.15, 0.2) is 106 Å². The van der Waals surface area contributed by atoms with Crippen molar-refractivity contribution in [1.82, 2.24) is 10.2 Å². The standard InChI is InChI=1S/C44H59IN4O15S4/c1-43(2,34-29-32(67(59,60)61)16-18-36(34)46-24-27-65(53,54)55)38(45)13-9-11-31(15-20-40(50)47-23-7-5-6-8-25-49-41(51)21-22-42(49)52)12-10-14-39-44(3,4)35-30-33(68(62,63)64)17-19-37(35)48(39)26-28-66(56,57)58/h9-14,16-19,21-22,29-30,38,40,46-47,50H,5-8,15,20,23-28H2,1-4H3,(H,53,54,55)(H,56,57,58)(H,59,60,61)(H,62,63,64)/b12-10+,13-9+,31-11-,39-14?. The minimum atomic E-state index is -4.62. The molecule has 376 valence electrons. The summed E-state index contributed by atoms with van der Waals surface area (Å²) in [6.45, 7) is 7.70. The molecular weight excluding hydrogens is 1080 g/mol. The predicted molar refractivity (Wildman–Crippen MR) is 267 cm³/mol. The number of amides is 2. The summed E-state index contributed by atoms with van der Waals surface area (Å²) in [6, 6.07) is 7.82. The highest BCUT2D eigenvalue weighted by Gasteiger charge is 2.41. The van der Waals surface area contributed by atoms with Crippen molar-refractivity contribution in [3.05, 3.63) is 107 Å². The summed E-state index contributed by atoms with van der Waals surface area (Å²) in [5, 5.41) is 17.0. The van der Waals surface area contributed by atoms with E-state index in [0.717, 1.165) is 19.3 Å². The van der Waals surface area contributed by atoms with Crippen LogP contribution in [0.5, 0.6) is 0 Å². The molecule has 0 bridgehead atoms. The van der Waals surface area contributed by atoms with E-state index in [1.807, 2.05) is 19.9 Å². The van der Waals surface area contributed by atoms with Crippen molar-refractivity contribution in [2.24, 2.45) is 0 Å². The monoisotopic (exact) mass is 1140 g/mol. The summed E-state index contributed by atoms with van der Waals surface area (Å²) in [4.78, 5) is 25.7. The number of unbranched alkanes of at least 4 members (excludes halogenated alkanes) is 3. The SMILES string of the molecule is CC1(C)C(=C/C=C/C(=C/C=C/C(I)C(C)(C)c2cc(S(=O)(=O)O)ccc2NCCS(=O)(=O)O)CCC(O)NCCCCCCN2C(=O)C=CC2=O)N(CCS(=O)(=O)O)c2ccc(S(=O)(=O)O)cc21. The maximum atomic E-state index is 12.1. The van der Waals surface area contributed by atoms with E-state index in [4.69, 9.17) is 0 Å². The Morgan fingerprint density at radius 3 is 2.00 bits per heavy atom. The van der Waals surface area contributed by atoms with Crippen molar-refractivity contribution >= 4 is 86.3 Å². The zero-order valence-corrected chi connectivity index (χ0v) is 43.4. The molecule has 0 radical (unpaired) electrons. The van der Waals surface area contributed by atoms with E-state index in [1.165, 1.54) is 53.5 Å². The van der Waals surface area contributed by atoms with Crippen LogP contribution >= 0.6 is 22.6 Å². The van der Waals surface area contributed by atoms with E-state index in [0.29, 0.717) is 59.7 Å². The largest absolute Gasteiger partial charge is 0.384 e. The molecule has 0 saturated carbocycles. The topological polar surface area (TPSA) is 302 Å². The lowest BCUT2D eigenvalue weighted by molar-refractivity contribution is -0.136. The van der Waals surface area contributed by atoms with Gasteiger partial charge in [-0.15, -0.1) is 0 Å². The second kappa shape index (κ2) is 23.4. The molecule has 68 heavy (non-hydrogen) atoms. The van der Waals surface area contributed by atoms with Gasteiger partial charge < -0.3 is 15.3 Å². The molecule has 2 atom stereocenters. The minimum Gasteiger partial charge on any atom is -0.384 e. The van der Waals surface area contributed by atoms with E-state index < -0.39 is 69.0 Å². The lowest BCUT2D eigenvalue weighted by Gasteiger charge is -2.32. The number of aliphatic hydroxyl groups is 1. The Balaban J connectivity index is 1.60. The first-order chi connectivity index (χ1) is 31.4. The van der Waals surface area contributed by atoms with E-state index >= 15 is 0 Å². The molecule has 24 heteroatoms. The van der Waals surface area contributed by atoms with Gasteiger partial charge in [-0.05, 0) is 91.4 Å². The van der Waals surface area contributed by atoms with Gasteiger partial charge in [-0.25, -0.2) is 0 Å². The summed E-state index contributed by atoms with van der Waals surface area (Å²) in [6.07, 6.45) is 15.8. The third-order valence-electron chi connectivity index (χ3n) is 11.5. The van der Waals surface area contributed by atoms with Gasteiger partial charge in [0, 0.05) is 63.6 Å². The molecule has 2 aliphatic rings. The third kappa shape index (κ3) is 16.4. The number of nitrogens with one attached hydrogen (secondary N) is 2. The quantitative estimate of drug-likeness (QED) is 0.0119. The molecule has 4 rings (SSSR count). The number of carbonyl (C=O) groups is 2. The van der Waals surface area contributed by atoms with E-state index in [9.17, 15) is 66.6 Å². The summed E-state index contributed by atoms with van der Waals surface area (Å²) in [7, 11) is -17.9. The molecular formula is C44H59IN4O15S4. The number of imide groups is 1. The Kier molecular flexibility index (Phi) is 19.5. The Morgan fingerprint density at radius 2 is 1.38 bits per heavy atom. The molecule has 7 N–H and O–H groups in total. The average Bonchev–Trinajstić information content (AvgIpc) is 3.65. The number of fused-ring (bicyclic) bond motifs is 1. The smallest absolute Gasteiger partial charge is 0.294 e. The normalized spacial score (nSPS) is 17.6. The molecule has 2 amide bonds. The summed E-state index contributed by atoms with van der Waals surface area (Å²) in [5.74, 6) is -1.89. The number of hydrogen-bond acceptors (Lipinski definition) is 14. The minimum absolute atomic E-state index is 0.184. The summed E-state index contributed by atoms with van der Waals surface area (Å²) in [5.41, 5.74) is 1.24. The van der Waals surface area contributed by atoms with Gasteiger partial charge in [0.25, 0.3) is 52.3 Å². The summed E-state index contributed by atoms with van der Waals surface area (Å²) < 4.78 is 133. The fourth-order valence-corrected chi connectivity index (χ4v) is 10.0. The highest BCUT2D eigenvalue weighted by atomic mass is 127. The molecule has 0 aliphatic carbocycles. The second-order valence-corrected chi connectivity index (χ2v) is 24.7. The Labute approximate surface area is 412 Å². The molecule has 2 unspecified atom stereocenters. The third-order valence-corrected chi connectivity index (χ3v) is 16.6. The van der Waals surface area contributed by atoms with Crippen LogP contribution in [0, 0.1) is 0 Å². The first-order valence-electron chi connectivity index (χ1n) is 21.4. The van der Waals surface area contributed by atoms with Gasteiger partial charge in [0.1, 0.15) is 6.23 Å². The molecule has 0 saturated heterocycles. The van der Waals surface area contributed by atoms with Gasteiger partial charge in [-0.3, -0.25) is 38.0 Å². The molecule has 19 nitrogen and oxygen atoms in total. The van der Waals surface area contributed by atoms with Crippen LogP contribution in [0.25, 0.3) is 0 Å². The lowest BCUT2D eigenvalue weighted by atomic mass is 9.80. The fourth-order valence-electron chi connectivity index (χ4n) is 7.67. The van der Waals surface area contributed by atoms with Crippen molar-refractivity contribution < 1.29 is 66.6 Å². The Hall–Kier alpha value is -3.83. The van der Waals surface area contributed by atoms with Crippen LogP contribution in [-0.4, -0.2) is 122 Å². The van der Waals surface area contributed by atoms with Crippen LogP contribution < -0.4 is 15.5 Å². The zero-order valence-electron chi connectivity index (χ0n) is 37.9. The number of allylic oxidation sites excluding steroid dienone is 8. The molecule has 2 heterocycles.